The number of benzene rings is 2. The predicted octanol–water partition coefficient (Wildman–Crippen LogP) is 4.58. The summed E-state index contributed by atoms with van der Waals surface area (Å²) in [5.41, 5.74) is 1.97. The van der Waals surface area contributed by atoms with Crippen LogP contribution in [0.5, 0.6) is 0 Å². The third-order valence-corrected chi connectivity index (χ3v) is 4.96. The Morgan fingerprint density at radius 1 is 1.10 bits per heavy atom. The van der Waals surface area contributed by atoms with Gasteiger partial charge in [-0.25, -0.2) is 0 Å². The van der Waals surface area contributed by atoms with Crippen molar-refractivity contribution in [2.45, 2.75) is 10.1 Å². The lowest BCUT2D eigenvalue weighted by Gasteiger charge is -2.18. The third kappa shape index (κ3) is 2.81. The molecule has 0 aliphatic carbocycles. The molecule has 0 spiro atoms. The Bertz CT molecular complexity index is 684. The number of amides is 1. The van der Waals surface area contributed by atoms with Crippen molar-refractivity contribution >= 4 is 45.4 Å². The van der Waals surface area contributed by atoms with Crippen LogP contribution in [0.2, 0.25) is 0 Å². The topological polar surface area (TPSA) is 29.1 Å². The average molecular weight is 346 g/mol. The van der Waals surface area contributed by atoms with Gasteiger partial charge in [0.15, 0.2) is 0 Å². The lowest BCUT2D eigenvalue weighted by atomic mass is 10.2. The largest absolute Gasteiger partial charge is 0.324 e. The number of carbonyl (C=O) groups excluding carboxylic acids is 1. The number of anilines is 1. The Hall–Kier alpha value is -1.52. The van der Waals surface area contributed by atoms with Gasteiger partial charge in [-0.3, -0.25) is 4.79 Å². The summed E-state index contributed by atoms with van der Waals surface area (Å²) in [6.07, 6.45) is 3.95. The standard InChI is InChI=1S/C16H12BrNOS/c17-12-6-2-3-7-13(12)18-16(19)15-10-9-11-5-1-4-8-14(11)20-15/h1-10,15H,(H,18,19). The van der Waals surface area contributed by atoms with E-state index in [1.54, 1.807) is 11.8 Å². The highest BCUT2D eigenvalue weighted by atomic mass is 79.9. The van der Waals surface area contributed by atoms with Crippen LogP contribution in [0.4, 0.5) is 5.69 Å². The van der Waals surface area contributed by atoms with E-state index in [1.807, 2.05) is 54.6 Å². The van der Waals surface area contributed by atoms with Gasteiger partial charge in [0.1, 0.15) is 5.25 Å². The molecule has 20 heavy (non-hydrogen) atoms. The van der Waals surface area contributed by atoms with Crippen molar-refractivity contribution in [3.05, 3.63) is 64.6 Å². The highest BCUT2D eigenvalue weighted by Gasteiger charge is 2.21. The summed E-state index contributed by atoms with van der Waals surface area (Å²) < 4.78 is 0.888. The number of halogens is 1. The SMILES string of the molecule is O=C(Nc1ccccc1Br)C1C=Cc2ccccc2S1. The van der Waals surface area contributed by atoms with Gasteiger partial charge in [0.25, 0.3) is 0 Å². The van der Waals surface area contributed by atoms with Crippen molar-refractivity contribution in [1.29, 1.82) is 0 Å². The summed E-state index contributed by atoms with van der Waals surface area (Å²) in [5, 5.41) is 2.76. The molecule has 2 aromatic carbocycles. The Labute approximate surface area is 130 Å². The van der Waals surface area contributed by atoms with Gasteiger partial charge in [0.2, 0.25) is 5.91 Å². The van der Waals surface area contributed by atoms with Gasteiger partial charge in [-0.05, 0) is 39.7 Å². The Morgan fingerprint density at radius 2 is 1.85 bits per heavy atom. The minimum absolute atomic E-state index is 0.00680. The molecule has 1 atom stereocenters. The fraction of sp³-hybridized carbons (Fsp3) is 0.0625. The van der Waals surface area contributed by atoms with Crippen molar-refractivity contribution in [2.24, 2.45) is 0 Å². The van der Waals surface area contributed by atoms with Crippen LogP contribution in [-0.4, -0.2) is 11.2 Å². The van der Waals surface area contributed by atoms with E-state index in [9.17, 15) is 4.79 Å². The smallest absolute Gasteiger partial charge is 0.241 e. The number of thioether (sulfide) groups is 1. The van der Waals surface area contributed by atoms with Crippen LogP contribution >= 0.6 is 27.7 Å². The first-order valence-corrected chi connectivity index (χ1v) is 7.90. The molecule has 1 unspecified atom stereocenters. The summed E-state index contributed by atoms with van der Waals surface area (Å²) in [7, 11) is 0. The first-order chi connectivity index (χ1) is 9.74. The average Bonchev–Trinajstić information content (AvgIpc) is 2.49. The van der Waals surface area contributed by atoms with Crippen molar-refractivity contribution in [1.82, 2.24) is 0 Å². The molecule has 1 aliphatic heterocycles. The van der Waals surface area contributed by atoms with E-state index in [1.165, 1.54) is 5.56 Å². The molecule has 2 nitrogen and oxygen atoms in total. The highest BCUT2D eigenvalue weighted by molar-refractivity contribution is 9.10. The van der Waals surface area contributed by atoms with Crippen LogP contribution in [0, 0.1) is 0 Å². The molecule has 1 N–H and O–H groups in total. The maximum Gasteiger partial charge on any atom is 0.241 e. The molecule has 0 radical (unpaired) electrons. The lowest BCUT2D eigenvalue weighted by molar-refractivity contribution is -0.115. The van der Waals surface area contributed by atoms with E-state index in [0.717, 1.165) is 15.1 Å². The monoisotopic (exact) mass is 345 g/mol. The van der Waals surface area contributed by atoms with E-state index in [0.29, 0.717) is 0 Å². The van der Waals surface area contributed by atoms with Crippen LogP contribution in [0.25, 0.3) is 6.08 Å². The van der Waals surface area contributed by atoms with Crippen LogP contribution in [-0.2, 0) is 4.79 Å². The molecule has 100 valence electrons. The zero-order valence-corrected chi connectivity index (χ0v) is 12.9. The van der Waals surface area contributed by atoms with E-state index in [4.69, 9.17) is 0 Å². The van der Waals surface area contributed by atoms with Crippen molar-refractivity contribution < 1.29 is 4.79 Å². The number of para-hydroxylation sites is 1. The van der Waals surface area contributed by atoms with Gasteiger partial charge in [0, 0.05) is 9.37 Å². The van der Waals surface area contributed by atoms with Gasteiger partial charge in [-0.1, -0.05) is 42.5 Å². The maximum atomic E-state index is 12.3. The zero-order chi connectivity index (χ0) is 13.9. The molecule has 1 amide bonds. The first kappa shape index (κ1) is 13.5. The van der Waals surface area contributed by atoms with E-state index < -0.39 is 0 Å². The quantitative estimate of drug-likeness (QED) is 0.863. The zero-order valence-electron chi connectivity index (χ0n) is 10.5. The van der Waals surface area contributed by atoms with Crippen LogP contribution in [0.1, 0.15) is 5.56 Å². The Balaban J connectivity index is 1.76. The predicted molar refractivity (Wildman–Crippen MR) is 87.9 cm³/mol. The summed E-state index contributed by atoms with van der Waals surface area (Å²) in [6, 6.07) is 15.7. The Morgan fingerprint density at radius 3 is 2.70 bits per heavy atom. The summed E-state index contributed by atoms with van der Waals surface area (Å²) in [5.74, 6) is -0.00680. The minimum Gasteiger partial charge on any atom is -0.324 e. The van der Waals surface area contributed by atoms with Gasteiger partial charge < -0.3 is 5.32 Å². The molecule has 0 fully saturated rings. The molecule has 1 heterocycles. The number of nitrogens with one attached hydrogen (secondary N) is 1. The molecule has 0 saturated carbocycles. The second kappa shape index (κ2) is 5.85. The third-order valence-electron chi connectivity index (χ3n) is 3.01. The number of carbonyl (C=O) groups is 1. The number of fused-ring (bicyclic) bond motifs is 1. The van der Waals surface area contributed by atoms with Crippen molar-refractivity contribution in [3.8, 4) is 0 Å². The minimum atomic E-state index is -0.197. The molecule has 0 bridgehead atoms. The van der Waals surface area contributed by atoms with Gasteiger partial charge in [-0.15, -0.1) is 11.8 Å². The molecule has 2 aromatic rings. The Kier molecular flexibility index (Phi) is 3.94. The lowest BCUT2D eigenvalue weighted by Crippen LogP contribution is -2.24. The molecular weight excluding hydrogens is 334 g/mol. The van der Waals surface area contributed by atoms with E-state index in [-0.39, 0.29) is 11.2 Å². The number of hydrogen-bond donors (Lipinski definition) is 1. The number of rotatable bonds is 2. The van der Waals surface area contributed by atoms with Crippen LogP contribution in [0.3, 0.4) is 0 Å². The number of hydrogen-bond acceptors (Lipinski definition) is 2. The summed E-state index contributed by atoms with van der Waals surface area (Å²) in [4.78, 5) is 13.5. The highest BCUT2D eigenvalue weighted by Crippen LogP contribution is 2.34. The molecule has 1 aliphatic rings. The second-order valence-electron chi connectivity index (χ2n) is 4.40. The molecule has 0 aromatic heterocycles. The molecular formula is C16H12BrNOS. The second-order valence-corrected chi connectivity index (χ2v) is 6.44. The van der Waals surface area contributed by atoms with Crippen molar-refractivity contribution in [3.63, 3.8) is 0 Å². The van der Waals surface area contributed by atoms with E-state index in [2.05, 4.69) is 27.3 Å². The molecule has 0 saturated heterocycles. The van der Waals surface area contributed by atoms with Gasteiger partial charge in [0.05, 0.1) is 5.69 Å². The fourth-order valence-corrected chi connectivity index (χ4v) is 3.41. The summed E-state index contributed by atoms with van der Waals surface area (Å²) in [6.45, 7) is 0. The molecule has 3 rings (SSSR count). The van der Waals surface area contributed by atoms with Crippen LogP contribution < -0.4 is 5.32 Å². The van der Waals surface area contributed by atoms with Gasteiger partial charge in [-0.2, -0.15) is 0 Å². The van der Waals surface area contributed by atoms with Crippen LogP contribution in [0.15, 0.2) is 64.0 Å². The first-order valence-electron chi connectivity index (χ1n) is 6.23. The normalized spacial score (nSPS) is 16.6. The van der Waals surface area contributed by atoms with Gasteiger partial charge >= 0.3 is 0 Å². The molecule has 4 heteroatoms. The van der Waals surface area contributed by atoms with E-state index >= 15 is 0 Å². The summed E-state index contributed by atoms with van der Waals surface area (Å²) >= 11 is 5.01. The van der Waals surface area contributed by atoms with Crippen molar-refractivity contribution in [2.75, 3.05) is 5.32 Å². The fourth-order valence-electron chi connectivity index (χ4n) is 2.00. The maximum absolute atomic E-state index is 12.3.